The second-order valence-corrected chi connectivity index (χ2v) is 3.45. The number of nitrogens with one attached hydrogen (secondary N) is 1. The fraction of sp³-hybridized carbons (Fsp3) is 0.200. The van der Waals surface area contributed by atoms with Crippen molar-refractivity contribution < 1.29 is 19.2 Å². The molecule has 0 radical (unpaired) electrons. The zero-order chi connectivity index (χ0) is 12.4. The minimum absolute atomic E-state index is 0.0417. The summed E-state index contributed by atoms with van der Waals surface area (Å²) in [7, 11) is 0. The number of amides is 1. The molecule has 1 aliphatic heterocycles. The highest BCUT2D eigenvalue weighted by Crippen LogP contribution is 2.21. The summed E-state index contributed by atoms with van der Waals surface area (Å²) in [4.78, 5) is 31.8. The third-order valence-corrected chi connectivity index (χ3v) is 2.36. The van der Waals surface area contributed by atoms with Gasteiger partial charge in [-0.3, -0.25) is 14.9 Å². The first-order valence-corrected chi connectivity index (χ1v) is 4.81. The molecule has 1 atom stereocenters. The van der Waals surface area contributed by atoms with Crippen molar-refractivity contribution in [3.05, 3.63) is 39.9 Å². The number of nitrogens with zero attached hydrogens (tertiary/aromatic N) is 1. The maximum absolute atomic E-state index is 11.0. The standard InChI is InChI=1S/C10H8N2O5/c13-9-10(14)17-8(5-11-9)6-1-3-7(4-2-6)12(15)16/h1-4,8H,5H2,(H,11,13). The molecule has 0 aliphatic carbocycles. The van der Waals surface area contributed by atoms with E-state index in [4.69, 9.17) is 4.74 Å². The van der Waals surface area contributed by atoms with Gasteiger partial charge in [0.15, 0.2) is 0 Å². The Hall–Kier alpha value is -2.44. The SMILES string of the molecule is O=C1NCC(c2ccc([N+](=O)[O-])cc2)OC1=O. The number of cyclic esters (lactones) is 1. The lowest BCUT2D eigenvalue weighted by Gasteiger charge is -2.22. The van der Waals surface area contributed by atoms with Crippen LogP contribution in [0.1, 0.15) is 11.7 Å². The summed E-state index contributed by atoms with van der Waals surface area (Å²) in [6.45, 7) is 0.169. The summed E-state index contributed by atoms with van der Waals surface area (Å²) in [6, 6.07) is 5.63. The largest absolute Gasteiger partial charge is 0.448 e. The molecule has 1 amide bonds. The summed E-state index contributed by atoms with van der Waals surface area (Å²) >= 11 is 0. The fourth-order valence-corrected chi connectivity index (χ4v) is 1.48. The van der Waals surface area contributed by atoms with Crippen LogP contribution in [-0.4, -0.2) is 23.3 Å². The smallest absolute Gasteiger partial charge is 0.397 e. The molecule has 1 aliphatic rings. The van der Waals surface area contributed by atoms with Gasteiger partial charge in [-0.05, 0) is 17.7 Å². The number of hydrogen-bond donors (Lipinski definition) is 1. The molecule has 7 heteroatoms. The van der Waals surface area contributed by atoms with Crippen LogP contribution in [0.15, 0.2) is 24.3 Å². The van der Waals surface area contributed by atoms with E-state index in [0.29, 0.717) is 5.56 Å². The number of rotatable bonds is 2. The molecule has 0 spiro atoms. The fourth-order valence-electron chi connectivity index (χ4n) is 1.48. The number of nitro groups is 1. The number of ether oxygens (including phenoxy) is 1. The van der Waals surface area contributed by atoms with Gasteiger partial charge in [-0.2, -0.15) is 0 Å². The molecule has 2 rings (SSSR count). The maximum atomic E-state index is 11.0. The zero-order valence-electron chi connectivity index (χ0n) is 8.58. The van der Waals surface area contributed by atoms with Crippen LogP contribution >= 0.6 is 0 Å². The first-order valence-electron chi connectivity index (χ1n) is 4.81. The van der Waals surface area contributed by atoms with Gasteiger partial charge in [-0.25, -0.2) is 4.79 Å². The molecule has 7 nitrogen and oxygen atoms in total. The highest BCUT2D eigenvalue weighted by Gasteiger charge is 2.28. The van der Waals surface area contributed by atoms with Crippen LogP contribution in [0.5, 0.6) is 0 Å². The number of hydrogen-bond acceptors (Lipinski definition) is 5. The number of carbonyl (C=O) groups is 2. The Morgan fingerprint density at radius 1 is 1.29 bits per heavy atom. The molecule has 0 saturated carbocycles. The molecule has 1 unspecified atom stereocenters. The van der Waals surface area contributed by atoms with Gasteiger partial charge in [0.2, 0.25) is 0 Å². The monoisotopic (exact) mass is 236 g/mol. The van der Waals surface area contributed by atoms with Crippen LogP contribution in [0.2, 0.25) is 0 Å². The molecule has 0 aromatic heterocycles. The van der Waals surface area contributed by atoms with E-state index < -0.39 is 22.9 Å². The minimum atomic E-state index is -0.945. The van der Waals surface area contributed by atoms with Crippen LogP contribution in [0.25, 0.3) is 0 Å². The lowest BCUT2D eigenvalue weighted by atomic mass is 10.1. The Kier molecular flexibility index (Phi) is 2.73. The molecule has 1 saturated heterocycles. The van der Waals surface area contributed by atoms with E-state index in [1.54, 1.807) is 0 Å². The van der Waals surface area contributed by atoms with Gasteiger partial charge in [0.05, 0.1) is 11.5 Å². The van der Waals surface area contributed by atoms with E-state index in [2.05, 4.69) is 5.32 Å². The van der Waals surface area contributed by atoms with Crippen molar-refractivity contribution in [3.8, 4) is 0 Å². The van der Waals surface area contributed by atoms with Crippen molar-refractivity contribution in [2.75, 3.05) is 6.54 Å². The van der Waals surface area contributed by atoms with Crippen LogP contribution < -0.4 is 5.32 Å². The van der Waals surface area contributed by atoms with E-state index in [0.717, 1.165) is 0 Å². The second-order valence-electron chi connectivity index (χ2n) is 3.45. The molecule has 1 N–H and O–H groups in total. The average Bonchev–Trinajstić information content (AvgIpc) is 2.33. The predicted molar refractivity (Wildman–Crippen MR) is 54.9 cm³/mol. The molecule has 1 fully saturated rings. The first-order chi connectivity index (χ1) is 8.08. The summed E-state index contributed by atoms with van der Waals surface area (Å²) in [6.07, 6.45) is -0.596. The van der Waals surface area contributed by atoms with Gasteiger partial charge in [0.1, 0.15) is 6.10 Å². The van der Waals surface area contributed by atoms with Crippen molar-refractivity contribution >= 4 is 17.6 Å². The van der Waals surface area contributed by atoms with Gasteiger partial charge < -0.3 is 10.1 Å². The molecule has 1 heterocycles. The highest BCUT2D eigenvalue weighted by molar-refractivity contribution is 6.32. The Labute approximate surface area is 95.5 Å². The molecule has 88 valence electrons. The summed E-state index contributed by atoms with van der Waals surface area (Å²) in [5.74, 6) is -1.72. The van der Waals surface area contributed by atoms with E-state index >= 15 is 0 Å². The van der Waals surface area contributed by atoms with Crippen molar-refractivity contribution in [1.29, 1.82) is 0 Å². The third kappa shape index (κ3) is 2.22. The van der Waals surface area contributed by atoms with Crippen LogP contribution in [0.3, 0.4) is 0 Å². The van der Waals surface area contributed by atoms with Gasteiger partial charge in [0, 0.05) is 12.1 Å². The van der Waals surface area contributed by atoms with Gasteiger partial charge in [-0.15, -0.1) is 0 Å². The Balaban J connectivity index is 2.15. The minimum Gasteiger partial charge on any atom is -0.448 e. The van der Waals surface area contributed by atoms with Crippen LogP contribution in [0.4, 0.5) is 5.69 Å². The Bertz CT molecular complexity index is 482. The lowest BCUT2D eigenvalue weighted by molar-refractivity contribution is -0.384. The number of esters is 1. The van der Waals surface area contributed by atoms with Crippen molar-refractivity contribution in [2.45, 2.75) is 6.10 Å². The van der Waals surface area contributed by atoms with Gasteiger partial charge >= 0.3 is 11.9 Å². The molecule has 0 bridgehead atoms. The van der Waals surface area contributed by atoms with E-state index in [9.17, 15) is 19.7 Å². The van der Waals surface area contributed by atoms with Crippen molar-refractivity contribution in [2.24, 2.45) is 0 Å². The number of benzene rings is 1. The molecule has 1 aromatic rings. The maximum Gasteiger partial charge on any atom is 0.397 e. The summed E-state index contributed by atoms with van der Waals surface area (Å²) < 4.78 is 4.86. The number of nitro benzene ring substituents is 1. The van der Waals surface area contributed by atoms with Crippen LogP contribution in [0, 0.1) is 10.1 Å². The van der Waals surface area contributed by atoms with Crippen molar-refractivity contribution in [3.63, 3.8) is 0 Å². The third-order valence-electron chi connectivity index (χ3n) is 2.36. The van der Waals surface area contributed by atoms with E-state index in [1.807, 2.05) is 0 Å². The topological polar surface area (TPSA) is 98.5 Å². The van der Waals surface area contributed by atoms with E-state index in [1.165, 1.54) is 24.3 Å². The highest BCUT2D eigenvalue weighted by atomic mass is 16.6. The second kappa shape index (κ2) is 4.20. The number of morpholine rings is 1. The average molecular weight is 236 g/mol. The zero-order valence-corrected chi connectivity index (χ0v) is 8.58. The predicted octanol–water partition coefficient (Wildman–Crippen LogP) is 0.309. The Morgan fingerprint density at radius 2 is 1.94 bits per heavy atom. The first kappa shape index (κ1) is 11.1. The Morgan fingerprint density at radius 3 is 2.47 bits per heavy atom. The van der Waals surface area contributed by atoms with Crippen molar-refractivity contribution in [1.82, 2.24) is 5.32 Å². The van der Waals surface area contributed by atoms with E-state index in [-0.39, 0.29) is 12.2 Å². The van der Waals surface area contributed by atoms with Crippen LogP contribution in [-0.2, 0) is 14.3 Å². The summed E-state index contributed by atoms with van der Waals surface area (Å²) in [5, 5.41) is 12.8. The quantitative estimate of drug-likeness (QED) is 0.345. The number of non-ortho nitro benzene ring substituents is 1. The molecule has 1 aromatic carbocycles. The molecular formula is C10H8N2O5. The number of carbonyl (C=O) groups excluding carboxylic acids is 2. The lowest BCUT2D eigenvalue weighted by Crippen LogP contribution is -2.42. The molecular weight excluding hydrogens is 228 g/mol. The summed E-state index contributed by atoms with van der Waals surface area (Å²) in [5.41, 5.74) is 0.559. The van der Waals surface area contributed by atoms with Gasteiger partial charge in [-0.1, -0.05) is 0 Å². The van der Waals surface area contributed by atoms with Gasteiger partial charge in [0.25, 0.3) is 5.69 Å². The normalized spacial score (nSPS) is 19.4. The molecule has 17 heavy (non-hydrogen) atoms.